The van der Waals surface area contributed by atoms with Crippen LogP contribution in [0, 0.1) is 17.3 Å². The Morgan fingerprint density at radius 3 is 2.33 bits per heavy atom. The summed E-state index contributed by atoms with van der Waals surface area (Å²) in [5.41, 5.74) is 0.599. The van der Waals surface area contributed by atoms with E-state index >= 15 is 0 Å². The van der Waals surface area contributed by atoms with Crippen LogP contribution < -0.4 is 5.32 Å². The van der Waals surface area contributed by atoms with E-state index in [4.69, 9.17) is 0 Å². The van der Waals surface area contributed by atoms with Crippen molar-refractivity contribution in [1.29, 1.82) is 0 Å². The molecular formula is C17H35N. The Morgan fingerprint density at radius 1 is 1.17 bits per heavy atom. The zero-order valence-electron chi connectivity index (χ0n) is 13.2. The van der Waals surface area contributed by atoms with Gasteiger partial charge in [-0.05, 0) is 49.5 Å². The van der Waals surface area contributed by atoms with Crippen LogP contribution in [0.4, 0.5) is 0 Å². The molecule has 1 rings (SSSR count). The normalized spacial score (nSPS) is 20.5. The van der Waals surface area contributed by atoms with E-state index in [0.717, 1.165) is 11.8 Å². The number of unbranched alkanes of at least 4 members (excludes halogenated alkanes) is 1. The molecule has 1 heteroatoms. The van der Waals surface area contributed by atoms with Gasteiger partial charge in [-0.3, -0.25) is 0 Å². The highest BCUT2D eigenvalue weighted by Gasteiger charge is 2.37. The summed E-state index contributed by atoms with van der Waals surface area (Å²) in [5, 5.41) is 3.76. The third-order valence-corrected chi connectivity index (χ3v) is 4.98. The Morgan fingerprint density at radius 2 is 1.83 bits per heavy atom. The third kappa shape index (κ3) is 4.57. The van der Waals surface area contributed by atoms with Crippen LogP contribution in [0.5, 0.6) is 0 Å². The first-order chi connectivity index (χ1) is 8.64. The van der Waals surface area contributed by atoms with Gasteiger partial charge in [-0.25, -0.2) is 0 Å². The van der Waals surface area contributed by atoms with Crippen molar-refractivity contribution in [1.82, 2.24) is 5.32 Å². The van der Waals surface area contributed by atoms with Gasteiger partial charge in [0, 0.05) is 6.54 Å². The molecule has 1 N–H and O–H groups in total. The fourth-order valence-corrected chi connectivity index (χ4v) is 3.70. The highest BCUT2D eigenvalue weighted by Crippen LogP contribution is 2.45. The molecule has 1 aliphatic carbocycles. The molecule has 1 saturated carbocycles. The zero-order chi connectivity index (χ0) is 13.4. The van der Waals surface area contributed by atoms with E-state index in [0.29, 0.717) is 5.41 Å². The minimum Gasteiger partial charge on any atom is -0.316 e. The Hall–Kier alpha value is -0.0400. The molecule has 0 saturated heterocycles. The Bertz CT molecular complexity index is 206. The van der Waals surface area contributed by atoms with Crippen LogP contribution in [0.2, 0.25) is 0 Å². The predicted molar refractivity (Wildman–Crippen MR) is 81.9 cm³/mol. The molecule has 0 aliphatic heterocycles. The van der Waals surface area contributed by atoms with Gasteiger partial charge in [0.2, 0.25) is 0 Å². The largest absolute Gasteiger partial charge is 0.316 e. The maximum absolute atomic E-state index is 3.76. The Balaban J connectivity index is 2.57. The number of hydrogen-bond acceptors (Lipinski definition) is 1. The first kappa shape index (κ1) is 16.0. The van der Waals surface area contributed by atoms with E-state index in [1.165, 1.54) is 64.5 Å². The molecule has 1 aliphatic rings. The van der Waals surface area contributed by atoms with Gasteiger partial charge < -0.3 is 5.32 Å². The second-order valence-corrected chi connectivity index (χ2v) is 6.83. The Labute approximate surface area is 115 Å². The van der Waals surface area contributed by atoms with Crippen molar-refractivity contribution in [3.63, 3.8) is 0 Å². The molecule has 0 bridgehead atoms. The Kier molecular flexibility index (Phi) is 7.29. The lowest BCUT2D eigenvalue weighted by Gasteiger charge is -2.39. The average Bonchev–Trinajstić information content (AvgIpc) is 2.87. The lowest BCUT2D eigenvalue weighted by atomic mass is 9.69. The van der Waals surface area contributed by atoms with Crippen molar-refractivity contribution in [2.75, 3.05) is 13.1 Å². The molecule has 0 amide bonds. The summed E-state index contributed by atoms with van der Waals surface area (Å²) in [6.45, 7) is 11.8. The summed E-state index contributed by atoms with van der Waals surface area (Å²) in [4.78, 5) is 0. The van der Waals surface area contributed by atoms with Gasteiger partial charge >= 0.3 is 0 Å². The molecule has 0 heterocycles. The standard InChI is InChI=1S/C17H35N/c1-5-7-12-17(6-2,14-18-13-15(3)4)16-10-8-9-11-16/h15-16,18H,5-14H2,1-4H3. The maximum Gasteiger partial charge on any atom is 0.00105 e. The smallest absolute Gasteiger partial charge is 0.00105 e. The summed E-state index contributed by atoms with van der Waals surface area (Å²) in [6.07, 6.45) is 11.5. The molecule has 108 valence electrons. The van der Waals surface area contributed by atoms with Gasteiger partial charge in [-0.15, -0.1) is 0 Å². The van der Waals surface area contributed by atoms with E-state index in [-0.39, 0.29) is 0 Å². The average molecular weight is 253 g/mol. The number of nitrogens with one attached hydrogen (secondary N) is 1. The van der Waals surface area contributed by atoms with Crippen molar-refractivity contribution in [2.45, 2.75) is 79.1 Å². The first-order valence-electron chi connectivity index (χ1n) is 8.35. The van der Waals surface area contributed by atoms with Gasteiger partial charge in [0.25, 0.3) is 0 Å². The fraction of sp³-hybridized carbons (Fsp3) is 1.00. The van der Waals surface area contributed by atoms with E-state index in [9.17, 15) is 0 Å². The summed E-state index contributed by atoms with van der Waals surface area (Å²) in [6, 6.07) is 0. The quantitative estimate of drug-likeness (QED) is 0.609. The summed E-state index contributed by atoms with van der Waals surface area (Å²) >= 11 is 0. The van der Waals surface area contributed by atoms with Crippen LogP contribution in [-0.4, -0.2) is 13.1 Å². The monoisotopic (exact) mass is 253 g/mol. The number of rotatable bonds is 9. The van der Waals surface area contributed by atoms with Crippen LogP contribution in [-0.2, 0) is 0 Å². The molecule has 18 heavy (non-hydrogen) atoms. The second kappa shape index (κ2) is 8.19. The molecule has 1 unspecified atom stereocenters. The van der Waals surface area contributed by atoms with Crippen LogP contribution in [0.25, 0.3) is 0 Å². The van der Waals surface area contributed by atoms with Crippen molar-refractivity contribution >= 4 is 0 Å². The van der Waals surface area contributed by atoms with Gasteiger partial charge in [-0.2, -0.15) is 0 Å². The molecule has 0 aromatic carbocycles. The van der Waals surface area contributed by atoms with Gasteiger partial charge in [0.1, 0.15) is 0 Å². The lowest BCUT2D eigenvalue weighted by Crippen LogP contribution is -2.40. The van der Waals surface area contributed by atoms with Crippen LogP contribution >= 0.6 is 0 Å². The highest BCUT2D eigenvalue weighted by atomic mass is 14.9. The second-order valence-electron chi connectivity index (χ2n) is 6.83. The molecular weight excluding hydrogens is 218 g/mol. The molecule has 0 spiro atoms. The predicted octanol–water partition coefficient (Wildman–Crippen LogP) is 5.01. The SMILES string of the molecule is CCCCC(CC)(CNCC(C)C)C1CCCC1. The molecule has 1 fully saturated rings. The van der Waals surface area contributed by atoms with Crippen LogP contribution in [0.3, 0.4) is 0 Å². The van der Waals surface area contributed by atoms with Gasteiger partial charge in [-0.1, -0.05) is 53.4 Å². The van der Waals surface area contributed by atoms with Gasteiger partial charge in [0.15, 0.2) is 0 Å². The van der Waals surface area contributed by atoms with E-state index in [1.54, 1.807) is 0 Å². The van der Waals surface area contributed by atoms with Crippen molar-refractivity contribution in [3.8, 4) is 0 Å². The summed E-state index contributed by atoms with van der Waals surface area (Å²) in [7, 11) is 0. The van der Waals surface area contributed by atoms with Crippen LogP contribution in [0.15, 0.2) is 0 Å². The van der Waals surface area contributed by atoms with Crippen molar-refractivity contribution in [2.24, 2.45) is 17.3 Å². The van der Waals surface area contributed by atoms with Gasteiger partial charge in [0.05, 0.1) is 0 Å². The minimum absolute atomic E-state index is 0.599. The van der Waals surface area contributed by atoms with E-state index in [1.807, 2.05) is 0 Å². The minimum atomic E-state index is 0.599. The molecule has 1 atom stereocenters. The first-order valence-corrected chi connectivity index (χ1v) is 8.35. The zero-order valence-corrected chi connectivity index (χ0v) is 13.2. The molecule has 0 aromatic rings. The molecule has 0 aromatic heterocycles. The topological polar surface area (TPSA) is 12.0 Å². The van der Waals surface area contributed by atoms with Crippen molar-refractivity contribution in [3.05, 3.63) is 0 Å². The fourth-order valence-electron chi connectivity index (χ4n) is 3.70. The van der Waals surface area contributed by atoms with Crippen LogP contribution in [0.1, 0.15) is 79.1 Å². The molecule has 0 radical (unpaired) electrons. The highest BCUT2D eigenvalue weighted by molar-refractivity contribution is 4.90. The van der Waals surface area contributed by atoms with E-state index < -0.39 is 0 Å². The maximum atomic E-state index is 3.76. The third-order valence-electron chi connectivity index (χ3n) is 4.98. The van der Waals surface area contributed by atoms with E-state index in [2.05, 4.69) is 33.0 Å². The summed E-state index contributed by atoms with van der Waals surface area (Å²) in [5.74, 6) is 1.77. The lowest BCUT2D eigenvalue weighted by molar-refractivity contribution is 0.128. The summed E-state index contributed by atoms with van der Waals surface area (Å²) < 4.78 is 0. The molecule has 1 nitrogen and oxygen atoms in total. The van der Waals surface area contributed by atoms with Crippen molar-refractivity contribution < 1.29 is 0 Å². The number of hydrogen-bond donors (Lipinski definition) is 1.